The molecule has 1 aliphatic heterocycles. The molecule has 186 valence electrons. The van der Waals surface area contributed by atoms with Crippen LogP contribution in [0.25, 0.3) is 0 Å². The number of nitro benzene ring substituents is 1. The molecule has 0 unspecified atom stereocenters. The normalized spacial score (nSPS) is 19.2. The third kappa shape index (κ3) is 4.78. The predicted molar refractivity (Wildman–Crippen MR) is 137 cm³/mol. The van der Waals surface area contributed by atoms with Gasteiger partial charge in [-0.1, -0.05) is 42.5 Å². The Labute approximate surface area is 212 Å². The third-order valence-electron chi connectivity index (χ3n) is 6.86. The number of hydrogen-bond donors (Lipinski definition) is 2. The van der Waals surface area contributed by atoms with Crippen LogP contribution in [-0.2, 0) is 9.59 Å². The molecule has 7 nitrogen and oxygen atoms in total. The molecule has 2 N–H and O–H groups in total. The van der Waals surface area contributed by atoms with E-state index in [0.717, 1.165) is 11.3 Å². The Balaban J connectivity index is 1.59. The number of ketones is 1. The number of rotatable bonds is 5. The molecule has 0 saturated carbocycles. The molecule has 37 heavy (non-hydrogen) atoms. The Hall–Kier alpha value is -4.59. The lowest BCUT2D eigenvalue weighted by atomic mass is 9.71. The minimum absolute atomic E-state index is 0.0203. The fourth-order valence-corrected chi connectivity index (χ4v) is 5.18. The molecule has 0 aromatic heterocycles. The van der Waals surface area contributed by atoms with Crippen LogP contribution in [0.3, 0.4) is 0 Å². The SMILES string of the molecule is CC1=C(C(=O)Nc2ccc(F)cc2)[C@@H](c2cccc([N+](=O)[O-])c2)C2=C(C[C@H](c3ccccc3)CC2=O)N1. The first-order valence-electron chi connectivity index (χ1n) is 11.9. The van der Waals surface area contributed by atoms with Crippen LogP contribution < -0.4 is 10.6 Å². The van der Waals surface area contributed by atoms with Gasteiger partial charge in [0.05, 0.1) is 4.92 Å². The fourth-order valence-electron chi connectivity index (χ4n) is 5.18. The van der Waals surface area contributed by atoms with Gasteiger partial charge in [0.25, 0.3) is 11.6 Å². The smallest absolute Gasteiger partial charge is 0.269 e. The summed E-state index contributed by atoms with van der Waals surface area (Å²) in [6.07, 6.45) is 0.836. The summed E-state index contributed by atoms with van der Waals surface area (Å²) in [7, 11) is 0. The third-order valence-corrected chi connectivity index (χ3v) is 6.86. The summed E-state index contributed by atoms with van der Waals surface area (Å²) in [6.45, 7) is 1.75. The van der Waals surface area contributed by atoms with E-state index in [1.165, 1.54) is 36.4 Å². The predicted octanol–water partition coefficient (Wildman–Crippen LogP) is 5.73. The van der Waals surface area contributed by atoms with Crippen molar-refractivity contribution in [3.63, 3.8) is 0 Å². The van der Waals surface area contributed by atoms with Gasteiger partial charge >= 0.3 is 0 Å². The highest BCUT2D eigenvalue weighted by Crippen LogP contribution is 2.46. The Morgan fingerprint density at radius 3 is 2.41 bits per heavy atom. The second-order valence-corrected chi connectivity index (χ2v) is 9.24. The average molecular weight is 498 g/mol. The number of allylic oxidation sites excluding steroid dienone is 3. The van der Waals surface area contributed by atoms with E-state index in [2.05, 4.69) is 10.6 Å². The quantitative estimate of drug-likeness (QED) is 0.346. The van der Waals surface area contributed by atoms with Crippen molar-refractivity contribution in [3.8, 4) is 0 Å². The number of benzene rings is 3. The molecule has 8 heteroatoms. The van der Waals surface area contributed by atoms with Crippen molar-refractivity contribution in [2.24, 2.45) is 0 Å². The molecule has 1 aliphatic carbocycles. The van der Waals surface area contributed by atoms with E-state index in [1.54, 1.807) is 19.1 Å². The van der Waals surface area contributed by atoms with Gasteiger partial charge in [-0.25, -0.2) is 4.39 Å². The van der Waals surface area contributed by atoms with Crippen LogP contribution in [0.15, 0.2) is 101 Å². The van der Waals surface area contributed by atoms with Gasteiger partial charge in [-0.3, -0.25) is 19.7 Å². The van der Waals surface area contributed by atoms with Crippen LogP contribution in [0, 0.1) is 15.9 Å². The van der Waals surface area contributed by atoms with Crippen molar-refractivity contribution in [1.82, 2.24) is 5.32 Å². The first kappa shape index (κ1) is 24.1. The number of non-ortho nitro benzene ring substituents is 1. The zero-order valence-corrected chi connectivity index (χ0v) is 20.0. The van der Waals surface area contributed by atoms with Crippen molar-refractivity contribution in [1.29, 1.82) is 0 Å². The highest BCUT2D eigenvalue weighted by atomic mass is 19.1. The zero-order valence-electron chi connectivity index (χ0n) is 20.0. The van der Waals surface area contributed by atoms with Gasteiger partial charge in [0.15, 0.2) is 5.78 Å². The van der Waals surface area contributed by atoms with Gasteiger partial charge in [-0.2, -0.15) is 0 Å². The number of amides is 1. The van der Waals surface area contributed by atoms with E-state index >= 15 is 0 Å². The van der Waals surface area contributed by atoms with E-state index < -0.39 is 22.6 Å². The molecular weight excluding hydrogens is 473 g/mol. The standard InChI is InChI=1S/C29H24FN3O4/c1-17-26(29(35)32-22-12-10-21(30)11-13-22)27(19-8-5-9-23(14-19)33(36)37)28-24(31-17)15-20(16-25(28)34)18-6-3-2-4-7-18/h2-14,20,27,31H,15-16H2,1H3,(H,32,35)/t20-,27+/m0/s1. The molecule has 0 saturated heterocycles. The minimum atomic E-state index is -0.791. The zero-order chi connectivity index (χ0) is 26.1. The maximum absolute atomic E-state index is 13.7. The molecule has 1 amide bonds. The molecule has 1 heterocycles. The van der Waals surface area contributed by atoms with Crippen LogP contribution in [-0.4, -0.2) is 16.6 Å². The lowest BCUT2D eigenvalue weighted by molar-refractivity contribution is -0.384. The Morgan fingerprint density at radius 2 is 1.70 bits per heavy atom. The molecule has 3 aromatic rings. The van der Waals surface area contributed by atoms with Gasteiger partial charge in [-0.15, -0.1) is 0 Å². The van der Waals surface area contributed by atoms with Gasteiger partial charge in [0.2, 0.25) is 0 Å². The Morgan fingerprint density at radius 1 is 1.00 bits per heavy atom. The number of halogens is 1. The highest BCUT2D eigenvalue weighted by molar-refractivity contribution is 6.10. The first-order chi connectivity index (χ1) is 17.8. The van der Waals surface area contributed by atoms with Gasteiger partial charge in [0, 0.05) is 52.7 Å². The number of anilines is 1. The lowest BCUT2D eigenvalue weighted by Gasteiger charge is -2.37. The average Bonchev–Trinajstić information content (AvgIpc) is 2.89. The number of carbonyl (C=O) groups excluding carboxylic acids is 2. The number of nitrogens with one attached hydrogen (secondary N) is 2. The number of Topliss-reactive ketones (excluding diaryl/α,β-unsaturated/α-hetero) is 1. The number of nitro groups is 1. The number of carbonyl (C=O) groups is 2. The summed E-state index contributed by atoms with van der Waals surface area (Å²) < 4.78 is 13.4. The highest BCUT2D eigenvalue weighted by Gasteiger charge is 2.41. The molecule has 0 radical (unpaired) electrons. The van der Waals surface area contributed by atoms with Gasteiger partial charge in [0.1, 0.15) is 5.82 Å². The van der Waals surface area contributed by atoms with Crippen molar-refractivity contribution in [3.05, 3.63) is 128 Å². The summed E-state index contributed by atoms with van der Waals surface area (Å²) >= 11 is 0. The van der Waals surface area contributed by atoms with Crippen molar-refractivity contribution in [2.75, 3.05) is 5.32 Å². The summed E-state index contributed by atoms with van der Waals surface area (Å²) in [6, 6.07) is 21.2. The largest absolute Gasteiger partial charge is 0.362 e. The molecular formula is C29H24FN3O4. The molecule has 3 aromatic carbocycles. The van der Waals surface area contributed by atoms with Crippen LogP contribution in [0.4, 0.5) is 15.8 Å². The van der Waals surface area contributed by atoms with E-state index in [9.17, 15) is 24.1 Å². The molecule has 2 atom stereocenters. The number of dihydropyridines is 1. The van der Waals surface area contributed by atoms with E-state index in [-0.39, 0.29) is 29.4 Å². The molecule has 0 spiro atoms. The fraction of sp³-hybridized carbons (Fsp3) is 0.172. The second kappa shape index (κ2) is 9.81. The topological polar surface area (TPSA) is 101 Å². The first-order valence-corrected chi connectivity index (χ1v) is 11.9. The Kier molecular flexibility index (Phi) is 6.40. The van der Waals surface area contributed by atoms with Crippen LogP contribution in [0.2, 0.25) is 0 Å². The van der Waals surface area contributed by atoms with Crippen molar-refractivity contribution in [2.45, 2.75) is 31.6 Å². The summed E-state index contributed by atoms with van der Waals surface area (Å²) in [5, 5.41) is 17.6. The molecule has 0 fully saturated rings. The maximum Gasteiger partial charge on any atom is 0.269 e. The Bertz CT molecular complexity index is 1460. The van der Waals surface area contributed by atoms with Crippen LogP contribution >= 0.6 is 0 Å². The summed E-state index contributed by atoms with van der Waals surface area (Å²) in [5.74, 6) is -1.83. The second-order valence-electron chi connectivity index (χ2n) is 9.24. The summed E-state index contributed by atoms with van der Waals surface area (Å²) in [4.78, 5) is 38.2. The molecule has 0 bridgehead atoms. The lowest BCUT2D eigenvalue weighted by Crippen LogP contribution is -2.37. The van der Waals surface area contributed by atoms with Crippen LogP contribution in [0.5, 0.6) is 0 Å². The molecule has 2 aliphatic rings. The molecule has 5 rings (SSSR count). The van der Waals surface area contributed by atoms with E-state index in [0.29, 0.717) is 28.9 Å². The van der Waals surface area contributed by atoms with Crippen molar-refractivity contribution >= 4 is 23.1 Å². The van der Waals surface area contributed by atoms with E-state index in [4.69, 9.17) is 0 Å². The van der Waals surface area contributed by atoms with E-state index in [1.807, 2.05) is 30.3 Å². The number of nitrogens with zero attached hydrogens (tertiary/aromatic N) is 1. The van der Waals surface area contributed by atoms with Gasteiger partial charge in [-0.05, 0) is 54.7 Å². The van der Waals surface area contributed by atoms with Gasteiger partial charge < -0.3 is 10.6 Å². The van der Waals surface area contributed by atoms with Crippen LogP contribution in [0.1, 0.15) is 42.7 Å². The maximum atomic E-state index is 13.7. The monoisotopic (exact) mass is 497 g/mol. The number of hydrogen-bond acceptors (Lipinski definition) is 5. The minimum Gasteiger partial charge on any atom is -0.362 e. The van der Waals surface area contributed by atoms with Crippen molar-refractivity contribution < 1.29 is 18.9 Å². The summed E-state index contributed by atoms with van der Waals surface area (Å²) in [5.41, 5.74) is 3.81.